The predicted molar refractivity (Wildman–Crippen MR) is 139 cm³/mol. The van der Waals surface area contributed by atoms with Gasteiger partial charge in [0.2, 0.25) is 0 Å². The second-order valence-electron chi connectivity index (χ2n) is 9.34. The third-order valence-electron chi connectivity index (χ3n) is 6.87. The van der Waals surface area contributed by atoms with Crippen LogP contribution in [0.25, 0.3) is 11.3 Å². The number of phenols is 2. The molecule has 0 saturated carbocycles. The smallest absolute Gasteiger partial charge is 0.194 e. The van der Waals surface area contributed by atoms with Crippen molar-refractivity contribution >= 4 is 34.4 Å². The standard InChI is InChI=1S/C28H24N2O6S/c1-12-24(33)22(14(3)31)26-23(25(12)34)28(5)20(36-26)10-19(32)21(27(28)35)13(2)29-17-8-6-7-16(9-17)18-11-37-15(4)30-18/h6-11,29,33-34H,1-5H3/b21-13+/t28-/m0/s1. The van der Waals surface area contributed by atoms with Crippen LogP contribution in [0, 0.1) is 13.8 Å². The Kier molecular flexibility index (Phi) is 5.56. The zero-order valence-electron chi connectivity index (χ0n) is 20.8. The molecular formula is C28H24N2O6S. The summed E-state index contributed by atoms with van der Waals surface area (Å²) in [5, 5.41) is 27.5. The summed E-state index contributed by atoms with van der Waals surface area (Å²) in [6.45, 7) is 7.80. The number of aromatic nitrogens is 1. The van der Waals surface area contributed by atoms with E-state index in [1.165, 1.54) is 26.8 Å². The number of fused-ring (bicyclic) bond motifs is 3. The van der Waals surface area contributed by atoms with Crippen molar-refractivity contribution in [2.45, 2.75) is 40.0 Å². The van der Waals surface area contributed by atoms with Crippen LogP contribution in [0.4, 0.5) is 5.69 Å². The van der Waals surface area contributed by atoms with E-state index in [2.05, 4.69) is 10.3 Å². The highest BCUT2D eigenvalue weighted by molar-refractivity contribution is 7.09. The van der Waals surface area contributed by atoms with Crippen molar-refractivity contribution < 1.29 is 29.3 Å². The van der Waals surface area contributed by atoms with Crippen molar-refractivity contribution in [3.05, 3.63) is 74.4 Å². The summed E-state index contributed by atoms with van der Waals surface area (Å²) in [6.07, 6.45) is 1.20. The molecule has 9 heteroatoms. The molecule has 1 aromatic heterocycles. The summed E-state index contributed by atoms with van der Waals surface area (Å²) in [5.74, 6) is -2.54. The first-order chi connectivity index (χ1) is 17.4. The predicted octanol–water partition coefficient (Wildman–Crippen LogP) is 5.11. The van der Waals surface area contributed by atoms with Gasteiger partial charge in [-0.25, -0.2) is 4.98 Å². The van der Waals surface area contributed by atoms with E-state index in [1.54, 1.807) is 18.3 Å². The summed E-state index contributed by atoms with van der Waals surface area (Å²) >= 11 is 1.55. The summed E-state index contributed by atoms with van der Waals surface area (Å²) in [5.41, 5.74) is 1.02. The molecule has 5 rings (SSSR count). The van der Waals surface area contributed by atoms with Crippen LogP contribution in [0.1, 0.15) is 47.3 Å². The lowest BCUT2D eigenvalue weighted by Crippen LogP contribution is -2.40. The van der Waals surface area contributed by atoms with Crippen molar-refractivity contribution in [3.63, 3.8) is 0 Å². The number of Topliss-reactive ketones (excluding diaryl/α,β-unsaturated/α-hetero) is 2. The Balaban J connectivity index is 1.60. The van der Waals surface area contributed by atoms with Crippen molar-refractivity contribution in [3.8, 4) is 28.5 Å². The van der Waals surface area contributed by atoms with Crippen LogP contribution >= 0.6 is 11.3 Å². The number of hydrogen-bond acceptors (Lipinski definition) is 9. The number of nitrogens with one attached hydrogen (secondary N) is 1. The monoisotopic (exact) mass is 516 g/mol. The molecule has 0 unspecified atom stereocenters. The van der Waals surface area contributed by atoms with E-state index in [-0.39, 0.29) is 39.5 Å². The van der Waals surface area contributed by atoms with Crippen molar-refractivity contribution in [2.24, 2.45) is 0 Å². The molecule has 3 N–H and O–H groups in total. The average molecular weight is 517 g/mol. The Morgan fingerprint density at radius 1 is 1.14 bits per heavy atom. The van der Waals surface area contributed by atoms with Gasteiger partial charge in [0.25, 0.3) is 0 Å². The van der Waals surface area contributed by atoms with E-state index in [9.17, 15) is 24.6 Å². The molecule has 0 bridgehead atoms. The molecule has 0 saturated heterocycles. The molecule has 0 spiro atoms. The van der Waals surface area contributed by atoms with Crippen molar-refractivity contribution in [1.82, 2.24) is 4.98 Å². The Bertz CT molecular complexity index is 1610. The van der Waals surface area contributed by atoms with Gasteiger partial charge in [-0.3, -0.25) is 14.4 Å². The Morgan fingerprint density at radius 3 is 2.51 bits per heavy atom. The Hall–Kier alpha value is -4.24. The van der Waals surface area contributed by atoms with Crippen LogP contribution < -0.4 is 10.1 Å². The highest BCUT2D eigenvalue weighted by atomic mass is 32.1. The van der Waals surface area contributed by atoms with E-state index in [1.807, 2.05) is 36.6 Å². The number of aryl methyl sites for hydroxylation is 1. The number of hydrogen-bond donors (Lipinski definition) is 3. The summed E-state index contributed by atoms with van der Waals surface area (Å²) in [7, 11) is 0. The zero-order valence-corrected chi connectivity index (χ0v) is 21.7. The van der Waals surface area contributed by atoms with Gasteiger partial charge in [0.1, 0.15) is 34.0 Å². The number of rotatable bonds is 4. The number of ketones is 3. The van der Waals surface area contributed by atoms with Gasteiger partial charge in [0, 0.05) is 34.0 Å². The van der Waals surface area contributed by atoms with Gasteiger partial charge < -0.3 is 20.3 Å². The number of nitrogens with zero attached hydrogens (tertiary/aromatic N) is 1. The molecule has 1 aliphatic heterocycles. The lowest BCUT2D eigenvalue weighted by Gasteiger charge is -2.29. The van der Waals surface area contributed by atoms with Crippen LogP contribution in [0.15, 0.2) is 52.8 Å². The van der Waals surface area contributed by atoms with Gasteiger partial charge in [-0.2, -0.15) is 0 Å². The van der Waals surface area contributed by atoms with Gasteiger partial charge in [-0.1, -0.05) is 12.1 Å². The van der Waals surface area contributed by atoms with E-state index < -0.39 is 28.5 Å². The van der Waals surface area contributed by atoms with Gasteiger partial charge in [0.05, 0.1) is 21.8 Å². The number of aromatic hydroxyl groups is 2. The summed E-state index contributed by atoms with van der Waals surface area (Å²) < 4.78 is 5.81. The maximum absolute atomic E-state index is 13.9. The fourth-order valence-corrected chi connectivity index (χ4v) is 5.52. The largest absolute Gasteiger partial charge is 0.507 e. The molecule has 0 fully saturated rings. The third kappa shape index (κ3) is 3.57. The van der Waals surface area contributed by atoms with Crippen LogP contribution in [0.2, 0.25) is 0 Å². The Morgan fingerprint density at radius 2 is 1.86 bits per heavy atom. The molecule has 37 heavy (non-hydrogen) atoms. The minimum Gasteiger partial charge on any atom is -0.507 e. The molecule has 2 aliphatic rings. The maximum Gasteiger partial charge on any atom is 0.194 e. The van der Waals surface area contributed by atoms with E-state index in [4.69, 9.17) is 4.74 Å². The SMILES string of the molecule is CC(=O)c1c(O)c(C)c(O)c2c1OC1=CC(=O)/C(=C(/C)Nc3cccc(-c4csc(C)n4)c3)C(=O)[C@@]12C. The van der Waals surface area contributed by atoms with E-state index >= 15 is 0 Å². The molecule has 3 aromatic rings. The van der Waals surface area contributed by atoms with E-state index in [0.29, 0.717) is 11.4 Å². The highest BCUT2D eigenvalue weighted by Crippen LogP contribution is 2.57. The maximum atomic E-state index is 13.9. The number of ether oxygens (including phenoxy) is 1. The molecule has 0 amide bonds. The van der Waals surface area contributed by atoms with Crippen molar-refractivity contribution in [1.29, 1.82) is 0 Å². The first kappa shape index (κ1) is 24.5. The molecule has 2 heterocycles. The molecule has 0 radical (unpaired) electrons. The normalized spacial score (nSPS) is 19.6. The van der Waals surface area contributed by atoms with E-state index in [0.717, 1.165) is 16.3 Å². The van der Waals surface area contributed by atoms with Crippen LogP contribution in [0.3, 0.4) is 0 Å². The Labute approximate surface area is 216 Å². The van der Waals surface area contributed by atoms with Crippen LogP contribution in [0.5, 0.6) is 17.2 Å². The topological polar surface area (TPSA) is 126 Å². The van der Waals surface area contributed by atoms with Gasteiger partial charge >= 0.3 is 0 Å². The first-order valence-corrected chi connectivity index (χ1v) is 12.4. The third-order valence-corrected chi connectivity index (χ3v) is 7.64. The van der Waals surface area contributed by atoms with Crippen LogP contribution in [-0.2, 0) is 15.0 Å². The fourth-order valence-electron chi connectivity index (χ4n) is 4.89. The number of anilines is 1. The van der Waals surface area contributed by atoms with Gasteiger partial charge in [-0.15, -0.1) is 11.3 Å². The number of thiazole rings is 1. The minimum atomic E-state index is -1.56. The fraction of sp³-hybridized carbons (Fsp3) is 0.214. The van der Waals surface area contributed by atoms with Crippen LogP contribution in [-0.4, -0.2) is 32.5 Å². The van der Waals surface area contributed by atoms with Gasteiger partial charge in [0.15, 0.2) is 17.3 Å². The number of allylic oxidation sites excluding steroid dienone is 4. The zero-order chi connectivity index (χ0) is 26.8. The number of carbonyl (C=O) groups excluding carboxylic acids is 3. The molecular weight excluding hydrogens is 492 g/mol. The summed E-state index contributed by atoms with van der Waals surface area (Å²) in [4.78, 5) is 43.9. The number of benzene rings is 2. The molecule has 1 atom stereocenters. The molecule has 8 nitrogen and oxygen atoms in total. The average Bonchev–Trinajstić information content (AvgIpc) is 3.39. The quantitative estimate of drug-likeness (QED) is 0.248. The second kappa shape index (κ2) is 8.41. The molecule has 2 aromatic carbocycles. The minimum absolute atomic E-state index is 0.00208. The first-order valence-electron chi connectivity index (χ1n) is 11.5. The van der Waals surface area contributed by atoms with Crippen molar-refractivity contribution in [2.75, 3.05) is 5.32 Å². The molecule has 188 valence electrons. The molecule has 1 aliphatic carbocycles. The summed E-state index contributed by atoms with van der Waals surface area (Å²) in [6, 6.07) is 7.48. The van der Waals surface area contributed by atoms with Gasteiger partial charge in [-0.05, 0) is 46.8 Å². The second-order valence-corrected chi connectivity index (χ2v) is 10.4. The number of carbonyl (C=O) groups is 3. The lowest BCUT2D eigenvalue weighted by molar-refractivity contribution is -0.123. The lowest BCUT2D eigenvalue weighted by atomic mass is 9.70. The number of phenolic OH excluding ortho intramolecular Hbond substituents is 2. The highest BCUT2D eigenvalue weighted by Gasteiger charge is 2.56.